The molecule has 2 aromatic carbocycles. The molecule has 0 aliphatic rings. The summed E-state index contributed by atoms with van der Waals surface area (Å²) >= 11 is 18.0. The van der Waals surface area contributed by atoms with Crippen molar-refractivity contribution in [2.24, 2.45) is 0 Å². The Bertz CT molecular complexity index is 994. The van der Waals surface area contributed by atoms with E-state index in [1.807, 2.05) is 24.3 Å². The van der Waals surface area contributed by atoms with Gasteiger partial charge < -0.3 is 10.1 Å². The molecule has 1 heterocycles. The lowest BCUT2D eigenvalue weighted by atomic mass is 10.1. The van der Waals surface area contributed by atoms with Crippen molar-refractivity contribution in [2.75, 3.05) is 12.4 Å². The summed E-state index contributed by atoms with van der Waals surface area (Å²) in [6.45, 7) is 1.71. The maximum Gasteiger partial charge on any atom is 0.255 e. The number of H-pyrrole nitrogens is 1. The molecule has 3 aromatic rings. The van der Waals surface area contributed by atoms with Crippen LogP contribution >= 0.6 is 34.8 Å². The molecular weight excluding hydrogens is 397 g/mol. The Hall–Kier alpha value is -2.21. The lowest BCUT2D eigenvalue weighted by molar-refractivity contribution is 0.415. The molecule has 134 valence electrons. The van der Waals surface area contributed by atoms with Crippen molar-refractivity contribution in [3.63, 3.8) is 0 Å². The van der Waals surface area contributed by atoms with Crippen molar-refractivity contribution >= 4 is 46.4 Å². The predicted octanol–water partition coefficient (Wildman–Crippen LogP) is 5.46. The van der Waals surface area contributed by atoms with E-state index in [1.54, 1.807) is 26.2 Å². The van der Waals surface area contributed by atoms with Crippen molar-refractivity contribution < 1.29 is 4.74 Å². The molecule has 0 bridgehead atoms. The molecule has 0 aliphatic heterocycles. The molecule has 8 heteroatoms. The van der Waals surface area contributed by atoms with Gasteiger partial charge in [-0.2, -0.15) is 0 Å². The zero-order valence-corrected chi connectivity index (χ0v) is 16.1. The van der Waals surface area contributed by atoms with Crippen LogP contribution in [-0.4, -0.2) is 17.1 Å². The van der Waals surface area contributed by atoms with Crippen molar-refractivity contribution in [1.29, 1.82) is 0 Å². The van der Waals surface area contributed by atoms with Gasteiger partial charge in [-0.15, -0.1) is 0 Å². The summed E-state index contributed by atoms with van der Waals surface area (Å²) in [4.78, 5) is 19.5. The summed E-state index contributed by atoms with van der Waals surface area (Å²) in [6, 6.07) is 10.5. The molecular formula is C18H14Cl3N3O2. The minimum atomic E-state index is -0.250. The fraction of sp³-hybridized carbons (Fsp3) is 0.111. The maximum atomic E-state index is 12.3. The van der Waals surface area contributed by atoms with E-state index in [0.717, 1.165) is 11.3 Å². The van der Waals surface area contributed by atoms with E-state index in [4.69, 9.17) is 39.5 Å². The molecule has 0 fully saturated rings. The Morgan fingerprint density at radius 2 is 1.69 bits per heavy atom. The molecule has 0 saturated heterocycles. The molecule has 0 unspecified atom stereocenters. The van der Waals surface area contributed by atoms with Gasteiger partial charge in [0.15, 0.2) is 0 Å². The maximum absolute atomic E-state index is 12.3. The lowest BCUT2D eigenvalue weighted by Crippen LogP contribution is -2.15. The third-order valence-corrected chi connectivity index (χ3v) is 4.96. The van der Waals surface area contributed by atoms with Gasteiger partial charge in [0, 0.05) is 16.8 Å². The van der Waals surface area contributed by atoms with Gasteiger partial charge in [0.05, 0.1) is 27.9 Å². The van der Waals surface area contributed by atoms with Gasteiger partial charge >= 0.3 is 0 Å². The molecule has 1 aromatic heterocycles. The van der Waals surface area contributed by atoms with Crippen molar-refractivity contribution in [3.8, 4) is 17.0 Å². The van der Waals surface area contributed by atoms with Crippen LogP contribution in [0.5, 0.6) is 5.75 Å². The number of rotatable bonds is 4. The monoisotopic (exact) mass is 409 g/mol. The van der Waals surface area contributed by atoms with Crippen LogP contribution in [0.4, 0.5) is 11.6 Å². The highest BCUT2D eigenvalue weighted by molar-refractivity contribution is 6.48. The minimum absolute atomic E-state index is 0.250. The highest BCUT2D eigenvalue weighted by atomic mass is 35.5. The Balaban J connectivity index is 2.01. The number of hydrogen-bond acceptors (Lipinski definition) is 4. The van der Waals surface area contributed by atoms with Crippen LogP contribution in [0.2, 0.25) is 15.1 Å². The number of hydrogen-bond donors (Lipinski definition) is 2. The quantitative estimate of drug-likeness (QED) is 0.561. The first-order valence-corrected chi connectivity index (χ1v) is 8.69. The van der Waals surface area contributed by atoms with E-state index in [0.29, 0.717) is 27.0 Å². The molecule has 0 atom stereocenters. The number of halogens is 3. The molecule has 26 heavy (non-hydrogen) atoms. The topological polar surface area (TPSA) is 67.0 Å². The third kappa shape index (κ3) is 3.80. The van der Waals surface area contributed by atoms with Gasteiger partial charge in [-0.1, -0.05) is 34.8 Å². The van der Waals surface area contributed by atoms with Gasteiger partial charge in [-0.05, 0) is 43.3 Å². The smallest absolute Gasteiger partial charge is 0.255 e. The molecule has 0 saturated carbocycles. The van der Waals surface area contributed by atoms with E-state index < -0.39 is 0 Å². The van der Waals surface area contributed by atoms with E-state index in [2.05, 4.69) is 15.3 Å². The third-order valence-electron chi connectivity index (χ3n) is 3.76. The first kappa shape index (κ1) is 18.6. The van der Waals surface area contributed by atoms with Crippen LogP contribution in [-0.2, 0) is 0 Å². The van der Waals surface area contributed by atoms with Crippen LogP contribution in [0.25, 0.3) is 11.3 Å². The van der Waals surface area contributed by atoms with Crippen LogP contribution in [0, 0.1) is 6.92 Å². The molecule has 5 nitrogen and oxygen atoms in total. The number of anilines is 2. The van der Waals surface area contributed by atoms with E-state index >= 15 is 0 Å². The molecule has 0 amide bonds. The van der Waals surface area contributed by atoms with Crippen molar-refractivity contribution in [3.05, 3.63) is 67.4 Å². The SMILES string of the molecule is COc1ccc(-c2nc(Nc3cc(Cl)c(Cl)c(Cl)c3)[nH]c(=O)c2C)cc1. The Morgan fingerprint density at radius 3 is 2.27 bits per heavy atom. The predicted molar refractivity (Wildman–Crippen MR) is 106 cm³/mol. The molecule has 3 rings (SSSR count). The fourth-order valence-electron chi connectivity index (χ4n) is 2.39. The number of ether oxygens (including phenoxy) is 1. The summed E-state index contributed by atoms with van der Waals surface area (Å²) in [5.41, 5.74) is 2.17. The number of aromatic nitrogens is 2. The van der Waals surface area contributed by atoms with Crippen molar-refractivity contribution in [1.82, 2.24) is 9.97 Å². The van der Waals surface area contributed by atoms with Gasteiger partial charge in [-0.3, -0.25) is 9.78 Å². The Labute approximate surface area is 164 Å². The zero-order chi connectivity index (χ0) is 18.8. The second-order valence-electron chi connectivity index (χ2n) is 5.50. The summed E-state index contributed by atoms with van der Waals surface area (Å²) < 4.78 is 5.16. The largest absolute Gasteiger partial charge is 0.497 e. The number of benzene rings is 2. The zero-order valence-electron chi connectivity index (χ0n) is 13.9. The van der Waals surface area contributed by atoms with Crippen LogP contribution in [0.15, 0.2) is 41.2 Å². The molecule has 0 radical (unpaired) electrons. The summed E-state index contributed by atoms with van der Waals surface area (Å²) in [7, 11) is 1.59. The standard InChI is InChI=1S/C18H14Cl3N3O2/c1-9-16(10-3-5-12(26-2)6-4-10)23-18(24-17(9)25)22-11-7-13(19)15(21)14(20)8-11/h3-8H,1-2H3,(H2,22,23,24,25). The van der Waals surface area contributed by atoms with Crippen molar-refractivity contribution in [2.45, 2.75) is 6.92 Å². The summed E-state index contributed by atoms with van der Waals surface area (Å²) in [6.07, 6.45) is 0. The number of nitrogens with zero attached hydrogens (tertiary/aromatic N) is 1. The minimum Gasteiger partial charge on any atom is -0.497 e. The van der Waals surface area contributed by atoms with Crippen LogP contribution < -0.4 is 15.6 Å². The van der Waals surface area contributed by atoms with Gasteiger partial charge in [-0.25, -0.2) is 4.98 Å². The lowest BCUT2D eigenvalue weighted by Gasteiger charge is -2.11. The molecule has 0 aliphatic carbocycles. The molecule has 0 spiro atoms. The second kappa shape index (κ2) is 7.58. The highest BCUT2D eigenvalue weighted by Crippen LogP contribution is 2.34. The van der Waals surface area contributed by atoms with E-state index in [9.17, 15) is 4.79 Å². The highest BCUT2D eigenvalue weighted by Gasteiger charge is 2.12. The Morgan fingerprint density at radius 1 is 1.08 bits per heavy atom. The number of methoxy groups -OCH3 is 1. The van der Waals surface area contributed by atoms with Gasteiger partial charge in [0.25, 0.3) is 5.56 Å². The molecule has 2 N–H and O–H groups in total. The average molecular weight is 411 g/mol. The Kier molecular flexibility index (Phi) is 5.41. The normalized spacial score (nSPS) is 10.7. The van der Waals surface area contributed by atoms with Gasteiger partial charge in [0.2, 0.25) is 5.95 Å². The van der Waals surface area contributed by atoms with E-state index in [1.165, 1.54) is 0 Å². The van der Waals surface area contributed by atoms with Crippen LogP contribution in [0.3, 0.4) is 0 Å². The van der Waals surface area contributed by atoms with Crippen LogP contribution in [0.1, 0.15) is 5.56 Å². The first-order chi connectivity index (χ1) is 12.4. The van der Waals surface area contributed by atoms with E-state index in [-0.39, 0.29) is 16.5 Å². The average Bonchev–Trinajstić information content (AvgIpc) is 2.62. The number of aromatic amines is 1. The first-order valence-electron chi connectivity index (χ1n) is 7.56. The second-order valence-corrected chi connectivity index (χ2v) is 6.69. The fourth-order valence-corrected chi connectivity index (χ4v) is 2.98. The summed E-state index contributed by atoms with van der Waals surface area (Å²) in [5, 5.41) is 3.86. The van der Waals surface area contributed by atoms with Gasteiger partial charge in [0.1, 0.15) is 5.75 Å². The number of nitrogens with one attached hydrogen (secondary N) is 2. The summed E-state index contributed by atoms with van der Waals surface area (Å²) in [5.74, 6) is 0.987.